The van der Waals surface area contributed by atoms with E-state index in [0.29, 0.717) is 38.3 Å². The number of hydrogen-bond acceptors (Lipinski definition) is 7. The molecule has 0 aliphatic carbocycles. The van der Waals surface area contributed by atoms with Crippen molar-refractivity contribution in [2.75, 3.05) is 17.9 Å². The van der Waals surface area contributed by atoms with E-state index < -0.39 is 0 Å². The quantitative estimate of drug-likeness (QED) is 0.428. The highest BCUT2D eigenvalue weighted by Crippen LogP contribution is 2.33. The van der Waals surface area contributed by atoms with E-state index in [1.54, 1.807) is 42.6 Å². The molecule has 1 aromatic heterocycles. The first-order valence-corrected chi connectivity index (χ1v) is 10.9. The van der Waals surface area contributed by atoms with E-state index in [2.05, 4.69) is 10.3 Å². The summed E-state index contributed by atoms with van der Waals surface area (Å²) in [5.74, 6) is 0.733. The fourth-order valence-electron chi connectivity index (χ4n) is 2.76. The number of amides is 1. The monoisotopic (exact) mass is 444 g/mol. The Bertz CT molecular complexity index is 1120. The molecule has 154 valence electrons. The number of aromatic nitrogens is 1. The largest absolute Gasteiger partial charge is 0.454 e. The molecule has 4 rings (SSSR count). The molecule has 1 aliphatic rings. The van der Waals surface area contributed by atoms with Crippen LogP contribution in [-0.4, -0.2) is 29.2 Å². The highest BCUT2D eigenvalue weighted by atomic mass is 32.2. The Balaban J connectivity index is 1.30. The molecule has 0 atom stereocenters. The molecule has 9 heteroatoms. The zero-order valence-corrected chi connectivity index (χ0v) is 17.6. The summed E-state index contributed by atoms with van der Waals surface area (Å²) < 4.78 is 24.8. The van der Waals surface area contributed by atoms with Crippen LogP contribution in [0.2, 0.25) is 0 Å². The summed E-state index contributed by atoms with van der Waals surface area (Å²) in [6, 6.07) is 9.66. The van der Waals surface area contributed by atoms with Gasteiger partial charge in [0.2, 0.25) is 12.7 Å². The predicted molar refractivity (Wildman–Crippen MR) is 113 cm³/mol. The number of ether oxygens (including phenoxy) is 2. The molecule has 0 radical (unpaired) electrons. The first kappa shape index (κ1) is 20.4. The highest BCUT2D eigenvalue weighted by Gasteiger charge is 2.17. The lowest BCUT2D eigenvalue weighted by molar-refractivity contribution is -0.115. The number of hydrogen-bond donors (Lipinski definition) is 1. The Morgan fingerprint density at radius 3 is 2.87 bits per heavy atom. The lowest BCUT2D eigenvalue weighted by Crippen LogP contribution is -2.14. The number of carbonyl (C=O) groups is 2. The number of fused-ring (bicyclic) bond motifs is 1. The molecule has 6 nitrogen and oxygen atoms in total. The van der Waals surface area contributed by atoms with Gasteiger partial charge in [-0.2, -0.15) is 0 Å². The molecule has 0 bridgehead atoms. The molecule has 0 spiro atoms. The van der Waals surface area contributed by atoms with Crippen LogP contribution in [0.4, 0.5) is 10.1 Å². The van der Waals surface area contributed by atoms with Gasteiger partial charge in [-0.25, -0.2) is 9.37 Å². The number of nitrogens with one attached hydrogen (secondary N) is 1. The van der Waals surface area contributed by atoms with Crippen LogP contribution in [0.15, 0.2) is 46.1 Å². The Morgan fingerprint density at radius 1 is 1.20 bits per heavy atom. The Labute approximate surface area is 180 Å². The van der Waals surface area contributed by atoms with Gasteiger partial charge in [-0.05, 0) is 42.8 Å². The molecule has 0 fully saturated rings. The Kier molecular flexibility index (Phi) is 6.01. The molecular weight excluding hydrogens is 427 g/mol. The molecule has 0 saturated carbocycles. The Hall–Kier alpha value is -2.91. The molecular formula is C21H17FN2O4S2. The van der Waals surface area contributed by atoms with E-state index in [1.807, 2.05) is 0 Å². The molecule has 1 amide bonds. The van der Waals surface area contributed by atoms with Gasteiger partial charge in [-0.1, -0.05) is 17.8 Å². The zero-order chi connectivity index (χ0) is 21.1. The van der Waals surface area contributed by atoms with Crippen molar-refractivity contribution >= 4 is 40.5 Å². The number of aryl methyl sites for hydroxylation is 1. The summed E-state index contributed by atoms with van der Waals surface area (Å²) in [7, 11) is 0. The maximum absolute atomic E-state index is 13.6. The topological polar surface area (TPSA) is 77.5 Å². The second-order valence-corrected chi connectivity index (χ2v) is 8.65. The van der Waals surface area contributed by atoms with Crippen LogP contribution in [0.1, 0.15) is 21.6 Å². The van der Waals surface area contributed by atoms with Crippen LogP contribution in [0, 0.1) is 12.7 Å². The van der Waals surface area contributed by atoms with Gasteiger partial charge in [0.25, 0.3) is 0 Å². The van der Waals surface area contributed by atoms with Crippen LogP contribution in [0.5, 0.6) is 11.5 Å². The maximum atomic E-state index is 13.6. The van der Waals surface area contributed by atoms with Crippen molar-refractivity contribution in [2.24, 2.45) is 0 Å². The maximum Gasteiger partial charge on any atom is 0.231 e. The van der Waals surface area contributed by atoms with Gasteiger partial charge >= 0.3 is 0 Å². The first-order valence-electron chi connectivity index (χ1n) is 9.04. The van der Waals surface area contributed by atoms with Crippen LogP contribution in [0.25, 0.3) is 0 Å². The van der Waals surface area contributed by atoms with E-state index >= 15 is 0 Å². The predicted octanol–water partition coefficient (Wildman–Crippen LogP) is 4.48. The number of carbonyl (C=O) groups excluding carboxylic acids is 2. The normalized spacial score (nSPS) is 12.1. The van der Waals surface area contributed by atoms with Crippen molar-refractivity contribution in [2.45, 2.75) is 17.7 Å². The smallest absolute Gasteiger partial charge is 0.231 e. The molecule has 2 aromatic carbocycles. The van der Waals surface area contributed by atoms with Crippen molar-refractivity contribution in [3.8, 4) is 11.5 Å². The number of rotatable bonds is 7. The van der Waals surface area contributed by atoms with Crippen molar-refractivity contribution in [3.05, 3.63) is 64.4 Å². The number of anilines is 1. The van der Waals surface area contributed by atoms with Gasteiger partial charge in [0.1, 0.15) is 5.82 Å². The lowest BCUT2D eigenvalue weighted by atomic mass is 10.1. The lowest BCUT2D eigenvalue weighted by Gasteiger charge is -2.05. The zero-order valence-electron chi connectivity index (χ0n) is 15.9. The SMILES string of the molecule is Cc1ccc(NC(=O)Cc2csc(SCC(=O)c3ccc4c(c3)OCO4)n2)cc1F. The summed E-state index contributed by atoms with van der Waals surface area (Å²) in [6.07, 6.45) is 0.0721. The van der Waals surface area contributed by atoms with Crippen LogP contribution >= 0.6 is 23.1 Å². The molecule has 1 N–H and O–H groups in total. The number of nitrogens with zero attached hydrogens (tertiary/aromatic N) is 1. The number of thiazole rings is 1. The van der Waals surface area contributed by atoms with Gasteiger partial charge in [0, 0.05) is 16.6 Å². The average molecular weight is 445 g/mol. The minimum atomic E-state index is -0.368. The Morgan fingerprint density at radius 2 is 2.03 bits per heavy atom. The summed E-state index contributed by atoms with van der Waals surface area (Å²) in [5, 5.41) is 4.44. The summed E-state index contributed by atoms with van der Waals surface area (Å²) >= 11 is 2.69. The minimum Gasteiger partial charge on any atom is -0.454 e. The second kappa shape index (κ2) is 8.85. The number of benzene rings is 2. The van der Waals surface area contributed by atoms with Crippen LogP contribution in [0.3, 0.4) is 0 Å². The fourth-order valence-corrected chi connectivity index (χ4v) is 4.50. The van der Waals surface area contributed by atoms with Crippen molar-refractivity contribution in [1.29, 1.82) is 0 Å². The van der Waals surface area contributed by atoms with Gasteiger partial charge in [-0.3, -0.25) is 9.59 Å². The molecule has 2 heterocycles. The van der Waals surface area contributed by atoms with E-state index in [-0.39, 0.29) is 36.5 Å². The average Bonchev–Trinajstić information content (AvgIpc) is 3.37. The van der Waals surface area contributed by atoms with Crippen molar-refractivity contribution in [3.63, 3.8) is 0 Å². The molecule has 30 heavy (non-hydrogen) atoms. The number of thioether (sulfide) groups is 1. The standard InChI is InChI=1S/C21H17FN2O4S2/c1-12-2-4-14(7-16(12)22)23-20(26)8-15-9-29-21(24-15)30-10-17(25)13-3-5-18-19(6-13)28-11-27-18/h2-7,9H,8,10-11H2,1H3,(H,23,26). The first-order chi connectivity index (χ1) is 14.5. The van der Waals surface area contributed by atoms with E-state index in [0.717, 1.165) is 0 Å². The third-order valence-corrected chi connectivity index (χ3v) is 6.42. The molecule has 0 saturated heterocycles. The fraction of sp³-hybridized carbons (Fsp3) is 0.190. The number of Topliss-reactive ketones (excluding diaryl/α,β-unsaturated/α-hetero) is 1. The van der Waals surface area contributed by atoms with Crippen molar-refractivity contribution < 1.29 is 23.5 Å². The van der Waals surface area contributed by atoms with Crippen molar-refractivity contribution in [1.82, 2.24) is 4.98 Å². The van der Waals surface area contributed by atoms with Gasteiger partial charge in [-0.15, -0.1) is 11.3 Å². The van der Waals surface area contributed by atoms with Gasteiger partial charge < -0.3 is 14.8 Å². The summed E-state index contributed by atoms with van der Waals surface area (Å²) in [4.78, 5) is 29.0. The van der Waals surface area contributed by atoms with E-state index in [1.165, 1.54) is 29.2 Å². The third-order valence-electron chi connectivity index (χ3n) is 4.35. The number of halogens is 1. The second-order valence-electron chi connectivity index (χ2n) is 6.57. The van der Waals surface area contributed by atoms with E-state index in [4.69, 9.17) is 9.47 Å². The molecule has 3 aromatic rings. The minimum absolute atomic E-state index is 0.0470. The molecule has 0 unspecified atom stereocenters. The van der Waals surface area contributed by atoms with Gasteiger partial charge in [0.15, 0.2) is 21.6 Å². The number of ketones is 1. The summed E-state index contributed by atoms with van der Waals surface area (Å²) in [6.45, 7) is 1.82. The van der Waals surface area contributed by atoms with E-state index in [9.17, 15) is 14.0 Å². The van der Waals surface area contributed by atoms with Crippen LogP contribution < -0.4 is 14.8 Å². The molecule has 1 aliphatic heterocycles. The summed E-state index contributed by atoms with van der Waals surface area (Å²) in [5.41, 5.74) is 2.07. The van der Waals surface area contributed by atoms with Gasteiger partial charge in [0.05, 0.1) is 17.9 Å². The van der Waals surface area contributed by atoms with Crippen LogP contribution in [-0.2, 0) is 11.2 Å². The third kappa shape index (κ3) is 4.80. The highest BCUT2D eigenvalue weighted by molar-refractivity contribution is 8.01.